The number of carbonyl (C=O) groups is 2. The lowest BCUT2D eigenvalue weighted by Crippen LogP contribution is -2.21. The van der Waals surface area contributed by atoms with E-state index in [0.29, 0.717) is 0 Å². The van der Waals surface area contributed by atoms with Crippen molar-refractivity contribution in [3.05, 3.63) is 23.9 Å². The Hall–Kier alpha value is -2.11. The first kappa shape index (κ1) is 13.0. The van der Waals surface area contributed by atoms with Gasteiger partial charge in [0.1, 0.15) is 0 Å². The van der Waals surface area contributed by atoms with Gasteiger partial charge in [-0.05, 0) is 26.0 Å². The van der Waals surface area contributed by atoms with Crippen molar-refractivity contribution in [2.45, 2.75) is 13.8 Å². The van der Waals surface area contributed by atoms with Gasteiger partial charge >= 0.3 is 12.1 Å². The fourth-order valence-electron chi connectivity index (χ4n) is 1.07. The largest absolute Gasteiger partial charge is 0.462 e. The number of ether oxygens (including phenoxy) is 2. The zero-order chi connectivity index (χ0) is 12.7. The van der Waals surface area contributed by atoms with Crippen LogP contribution in [0.5, 0.6) is 0 Å². The molecule has 1 heterocycles. The molecule has 1 amide bonds. The van der Waals surface area contributed by atoms with E-state index in [4.69, 9.17) is 9.47 Å². The highest BCUT2D eigenvalue weighted by atomic mass is 16.6. The number of carbonyl (C=O) groups excluding carboxylic acids is 2. The van der Waals surface area contributed by atoms with Crippen LogP contribution in [0.15, 0.2) is 29.0 Å². The summed E-state index contributed by atoms with van der Waals surface area (Å²) in [6, 6.07) is 0. The smallest absolute Gasteiger partial charge is 0.434 e. The molecule has 0 aromatic carbocycles. The van der Waals surface area contributed by atoms with Crippen molar-refractivity contribution < 1.29 is 19.1 Å². The lowest BCUT2D eigenvalue weighted by atomic mass is 10.3. The molecular weight excluding hydrogens is 224 g/mol. The van der Waals surface area contributed by atoms with Gasteiger partial charge in [0.15, 0.2) is 0 Å². The molecule has 0 fully saturated rings. The average Bonchev–Trinajstić information content (AvgIpc) is 2.55. The standard InChI is InChI=1S/C11H14N2O4/c1-3-16-10(14)9-6-5-7-13(12-8-9)11(15)17-4-2/h5-8H,3-4H2,1-2H3. The molecule has 0 unspecified atom stereocenters. The van der Waals surface area contributed by atoms with Crippen LogP contribution < -0.4 is 0 Å². The second-order valence-corrected chi connectivity index (χ2v) is 2.97. The normalized spacial score (nSPS) is 14.0. The topological polar surface area (TPSA) is 68.2 Å². The third kappa shape index (κ3) is 3.75. The number of hydrazone groups is 1. The molecule has 0 atom stereocenters. The minimum atomic E-state index is -0.599. The molecule has 0 spiro atoms. The Kier molecular flexibility index (Phi) is 4.93. The summed E-state index contributed by atoms with van der Waals surface area (Å²) in [6.07, 6.45) is 5.10. The van der Waals surface area contributed by atoms with Crippen molar-refractivity contribution in [1.29, 1.82) is 0 Å². The van der Waals surface area contributed by atoms with Gasteiger partial charge in [-0.3, -0.25) is 0 Å². The van der Waals surface area contributed by atoms with Crippen LogP contribution in [-0.4, -0.2) is 36.5 Å². The van der Waals surface area contributed by atoms with Gasteiger partial charge < -0.3 is 9.47 Å². The second kappa shape index (κ2) is 6.47. The van der Waals surface area contributed by atoms with E-state index in [1.165, 1.54) is 24.6 Å². The van der Waals surface area contributed by atoms with Crippen LogP contribution in [0.2, 0.25) is 0 Å². The van der Waals surface area contributed by atoms with Crippen LogP contribution in [-0.2, 0) is 14.3 Å². The maximum Gasteiger partial charge on any atom is 0.434 e. The van der Waals surface area contributed by atoms with Crippen LogP contribution in [0.4, 0.5) is 4.79 Å². The van der Waals surface area contributed by atoms with Gasteiger partial charge in [-0.2, -0.15) is 10.1 Å². The summed E-state index contributed by atoms with van der Waals surface area (Å²) < 4.78 is 9.58. The Morgan fingerprint density at radius 3 is 2.65 bits per heavy atom. The first-order valence-electron chi connectivity index (χ1n) is 5.24. The van der Waals surface area contributed by atoms with Crippen LogP contribution in [0.25, 0.3) is 0 Å². The third-order valence-electron chi connectivity index (χ3n) is 1.79. The zero-order valence-corrected chi connectivity index (χ0v) is 9.75. The quantitative estimate of drug-likeness (QED) is 0.698. The molecular formula is C11H14N2O4. The third-order valence-corrected chi connectivity index (χ3v) is 1.79. The van der Waals surface area contributed by atoms with Gasteiger partial charge in [0, 0.05) is 6.20 Å². The molecule has 0 saturated carbocycles. The molecule has 0 bridgehead atoms. The molecule has 0 aliphatic carbocycles. The van der Waals surface area contributed by atoms with Gasteiger partial charge in [0.2, 0.25) is 0 Å². The minimum Gasteiger partial charge on any atom is -0.462 e. The number of nitrogens with zero attached hydrogens (tertiary/aromatic N) is 2. The van der Waals surface area contributed by atoms with Crippen LogP contribution in [0.1, 0.15) is 13.8 Å². The van der Waals surface area contributed by atoms with Gasteiger partial charge in [-0.1, -0.05) is 0 Å². The summed E-state index contributed by atoms with van der Waals surface area (Å²) in [5.41, 5.74) is 0.273. The van der Waals surface area contributed by atoms with Crippen LogP contribution in [0, 0.1) is 0 Å². The van der Waals surface area contributed by atoms with E-state index in [0.717, 1.165) is 5.01 Å². The average molecular weight is 238 g/mol. The molecule has 0 aromatic rings. The van der Waals surface area contributed by atoms with Gasteiger partial charge in [-0.25, -0.2) is 9.59 Å². The van der Waals surface area contributed by atoms with E-state index in [9.17, 15) is 9.59 Å². The molecule has 6 heteroatoms. The van der Waals surface area contributed by atoms with Crippen molar-refractivity contribution >= 4 is 18.3 Å². The van der Waals surface area contributed by atoms with Gasteiger partial charge in [-0.15, -0.1) is 0 Å². The summed E-state index contributed by atoms with van der Waals surface area (Å²) in [5.74, 6) is -0.480. The van der Waals surface area contributed by atoms with E-state index in [1.54, 1.807) is 13.8 Å². The van der Waals surface area contributed by atoms with Crippen molar-refractivity contribution in [3.8, 4) is 0 Å². The van der Waals surface area contributed by atoms with E-state index < -0.39 is 12.1 Å². The zero-order valence-electron chi connectivity index (χ0n) is 9.75. The van der Waals surface area contributed by atoms with E-state index in [1.807, 2.05) is 0 Å². The Balaban J connectivity index is 2.70. The Morgan fingerprint density at radius 1 is 1.29 bits per heavy atom. The number of esters is 1. The lowest BCUT2D eigenvalue weighted by molar-refractivity contribution is -0.137. The molecule has 92 valence electrons. The Morgan fingerprint density at radius 2 is 2.00 bits per heavy atom. The summed E-state index contributed by atoms with van der Waals surface area (Å²) in [5, 5.41) is 4.81. The molecule has 17 heavy (non-hydrogen) atoms. The molecule has 1 rings (SSSR count). The highest BCUT2D eigenvalue weighted by Crippen LogP contribution is 2.05. The molecule has 0 radical (unpaired) electrons. The fraction of sp³-hybridized carbons (Fsp3) is 0.364. The number of rotatable bonds is 3. The highest BCUT2D eigenvalue weighted by Gasteiger charge is 2.14. The van der Waals surface area contributed by atoms with Crippen molar-refractivity contribution in [2.75, 3.05) is 13.2 Å². The Bertz CT molecular complexity index is 385. The van der Waals surface area contributed by atoms with E-state index in [2.05, 4.69) is 5.10 Å². The predicted octanol–water partition coefficient (Wildman–Crippen LogP) is 1.45. The van der Waals surface area contributed by atoms with Crippen molar-refractivity contribution in [2.24, 2.45) is 5.10 Å². The van der Waals surface area contributed by atoms with Gasteiger partial charge in [0.25, 0.3) is 0 Å². The van der Waals surface area contributed by atoms with Crippen molar-refractivity contribution in [1.82, 2.24) is 5.01 Å². The lowest BCUT2D eigenvalue weighted by Gasteiger charge is -2.09. The SMILES string of the molecule is CCOC(=O)C1=CC=CN(C(=O)OCC)N=C1. The van der Waals surface area contributed by atoms with E-state index >= 15 is 0 Å². The number of hydrogen-bond acceptors (Lipinski definition) is 5. The molecule has 0 saturated heterocycles. The molecule has 0 N–H and O–H groups in total. The number of amides is 1. The Labute approximate surface area is 99.2 Å². The van der Waals surface area contributed by atoms with Crippen LogP contribution in [0.3, 0.4) is 0 Å². The number of hydrogen-bond donors (Lipinski definition) is 0. The first-order chi connectivity index (χ1) is 8.19. The van der Waals surface area contributed by atoms with Crippen molar-refractivity contribution in [3.63, 3.8) is 0 Å². The predicted molar refractivity (Wildman–Crippen MR) is 61.2 cm³/mol. The maximum absolute atomic E-state index is 11.4. The second-order valence-electron chi connectivity index (χ2n) is 2.97. The molecule has 0 aromatic heterocycles. The summed E-state index contributed by atoms with van der Waals surface area (Å²) >= 11 is 0. The number of allylic oxidation sites excluding steroid dienone is 2. The maximum atomic E-state index is 11.4. The minimum absolute atomic E-state index is 0.261. The first-order valence-corrected chi connectivity index (χ1v) is 5.24. The van der Waals surface area contributed by atoms with E-state index in [-0.39, 0.29) is 18.8 Å². The van der Waals surface area contributed by atoms with Crippen LogP contribution >= 0.6 is 0 Å². The monoisotopic (exact) mass is 238 g/mol. The van der Waals surface area contributed by atoms with Gasteiger partial charge in [0.05, 0.1) is 25.0 Å². The summed E-state index contributed by atoms with van der Waals surface area (Å²) in [4.78, 5) is 22.8. The summed E-state index contributed by atoms with van der Waals surface area (Å²) in [7, 11) is 0. The molecule has 1 aliphatic heterocycles. The summed E-state index contributed by atoms with van der Waals surface area (Å²) in [6.45, 7) is 3.96. The highest BCUT2D eigenvalue weighted by molar-refractivity contribution is 6.10. The molecule has 6 nitrogen and oxygen atoms in total. The molecule has 1 aliphatic rings. The fourth-order valence-corrected chi connectivity index (χ4v) is 1.07.